The number of fused-ring (bicyclic) bond motifs is 2. The molecule has 174 valence electrons. The van der Waals surface area contributed by atoms with Crippen molar-refractivity contribution in [2.75, 3.05) is 17.7 Å². The third-order valence-corrected chi connectivity index (χ3v) is 7.77. The molecular formula is C23H23Cl2N2O4S2+. The summed E-state index contributed by atoms with van der Waals surface area (Å²) in [5, 5.41) is 2.32. The molecule has 1 aliphatic heterocycles. The normalized spacial score (nSPS) is 15.6. The van der Waals surface area contributed by atoms with Crippen LogP contribution in [0.5, 0.6) is 0 Å². The van der Waals surface area contributed by atoms with E-state index in [-0.39, 0.29) is 12.2 Å². The molecule has 0 spiro atoms. The quantitative estimate of drug-likeness (QED) is 0.293. The average Bonchev–Trinajstić information content (AvgIpc) is 3.24. The van der Waals surface area contributed by atoms with Crippen molar-refractivity contribution in [1.82, 2.24) is 0 Å². The number of aromatic nitrogens is 1. The molecule has 0 radical (unpaired) electrons. The lowest BCUT2D eigenvalue weighted by atomic mass is 10.2. The van der Waals surface area contributed by atoms with Gasteiger partial charge in [-0.05, 0) is 48.4 Å². The van der Waals surface area contributed by atoms with Gasteiger partial charge in [0.15, 0.2) is 6.54 Å². The van der Waals surface area contributed by atoms with Crippen molar-refractivity contribution in [2.45, 2.75) is 31.2 Å². The standard InChI is InChI=1S/C23H22Cl2N2O4S2/c1-3-15(12-23-26(2)19-14-17(25)6-8-21(19)32-23)11-22-27(9-4-10-33(28,29)30)18-13-16(24)5-7-20(18)31-22/h5-8,11-14H,3-4,9-10H2,1-2H3/p+1. The van der Waals surface area contributed by atoms with Gasteiger partial charge < -0.3 is 9.32 Å². The maximum atomic E-state index is 11.2. The molecule has 0 saturated carbocycles. The first kappa shape index (κ1) is 24.2. The Morgan fingerprint density at radius 1 is 1.21 bits per heavy atom. The lowest BCUT2D eigenvalue weighted by Crippen LogP contribution is -2.36. The molecule has 0 bridgehead atoms. The first-order chi connectivity index (χ1) is 15.6. The molecule has 3 aromatic rings. The van der Waals surface area contributed by atoms with Gasteiger partial charge in [0, 0.05) is 34.5 Å². The lowest BCUT2D eigenvalue weighted by Gasteiger charge is -2.14. The number of rotatable bonds is 7. The van der Waals surface area contributed by atoms with Crippen molar-refractivity contribution in [2.24, 2.45) is 0 Å². The van der Waals surface area contributed by atoms with E-state index in [0.717, 1.165) is 33.1 Å². The molecule has 1 N–H and O–H groups in total. The number of aryl methyl sites for hydroxylation is 1. The maximum absolute atomic E-state index is 11.2. The molecule has 2 heterocycles. The van der Waals surface area contributed by atoms with Gasteiger partial charge in [0.2, 0.25) is 5.58 Å². The minimum absolute atomic E-state index is 0.239. The van der Waals surface area contributed by atoms with Gasteiger partial charge in [0.05, 0.1) is 22.5 Å². The van der Waals surface area contributed by atoms with Crippen LogP contribution in [-0.4, -0.2) is 25.8 Å². The first-order valence-corrected chi connectivity index (χ1v) is 13.5. The van der Waals surface area contributed by atoms with Crippen molar-refractivity contribution in [3.63, 3.8) is 0 Å². The molecule has 33 heavy (non-hydrogen) atoms. The number of hydrogen-bond donors (Lipinski definition) is 1. The third kappa shape index (κ3) is 5.58. The van der Waals surface area contributed by atoms with Gasteiger partial charge in [-0.1, -0.05) is 41.9 Å². The Morgan fingerprint density at radius 2 is 1.94 bits per heavy atom. The molecular weight excluding hydrogens is 503 g/mol. The SMILES string of the molecule is CCC(=Cc1oc2ccc(Cl)cc2[n+]1CCCS(=O)(=O)O)C=C1Sc2ccc(Cl)cc2N1C. The van der Waals surface area contributed by atoms with E-state index in [0.29, 0.717) is 28.1 Å². The van der Waals surface area contributed by atoms with Crippen LogP contribution in [0.25, 0.3) is 17.2 Å². The second-order valence-electron chi connectivity index (χ2n) is 7.67. The summed E-state index contributed by atoms with van der Waals surface area (Å²) in [6.45, 7) is 2.42. The van der Waals surface area contributed by atoms with Crippen molar-refractivity contribution in [3.05, 3.63) is 69.0 Å². The fraction of sp³-hybridized carbons (Fsp3) is 0.261. The topological polar surface area (TPSA) is 74.6 Å². The molecule has 0 amide bonds. The zero-order chi connectivity index (χ0) is 23.8. The number of thioether (sulfide) groups is 1. The van der Waals surface area contributed by atoms with Crippen LogP contribution in [0.2, 0.25) is 10.0 Å². The zero-order valence-corrected chi connectivity index (χ0v) is 21.2. The highest BCUT2D eigenvalue weighted by Gasteiger charge is 2.24. The molecule has 2 aromatic carbocycles. The van der Waals surface area contributed by atoms with Crippen LogP contribution in [0.15, 0.2) is 62.4 Å². The molecule has 0 saturated heterocycles. The van der Waals surface area contributed by atoms with Gasteiger partial charge >= 0.3 is 5.89 Å². The van der Waals surface area contributed by atoms with Gasteiger partial charge in [0.25, 0.3) is 15.6 Å². The molecule has 10 heteroatoms. The van der Waals surface area contributed by atoms with Gasteiger partial charge in [-0.15, -0.1) is 0 Å². The Labute approximate surface area is 207 Å². The number of oxazole rings is 1. The van der Waals surface area contributed by atoms with E-state index in [4.69, 9.17) is 32.2 Å². The smallest absolute Gasteiger partial charge is 0.374 e. The molecule has 1 aliphatic rings. The van der Waals surface area contributed by atoms with E-state index >= 15 is 0 Å². The molecule has 4 rings (SSSR count). The van der Waals surface area contributed by atoms with Crippen LogP contribution in [-0.2, 0) is 16.7 Å². The average molecular weight is 526 g/mol. The molecule has 0 unspecified atom stereocenters. The highest BCUT2D eigenvalue weighted by molar-refractivity contribution is 8.03. The van der Waals surface area contributed by atoms with E-state index in [2.05, 4.69) is 17.9 Å². The highest BCUT2D eigenvalue weighted by atomic mass is 35.5. The number of halogens is 2. The second kappa shape index (κ2) is 9.72. The number of benzene rings is 2. The Hall–Kier alpha value is -1.97. The fourth-order valence-corrected chi connectivity index (χ4v) is 5.58. The van der Waals surface area contributed by atoms with Gasteiger partial charge in [-0.2, -0.15) is 13.0 Å². The van der Waals surface area contributed by atoms with Crippen LogP contribution in [0.3, 0.4) is 0 Å². The molecule has 0 atom stereocenters. The maximum Gasteiger partial charge on any atom is 0.374 e. The molecule has 6 nitrogen and oxygen atoms in total. The van der Waals surface area contributed by atoms with Crippen LogP contribution < -0.4 is 9.47 Å². The predicted molar refractivity (Wildman–Crippen MR) is 135 cm³/mol. The van der Waals surface area contributed by atoms with Crippen LogP contribution in [0, 0.1) is 0 Å². The van der Waals surface area contributed by atoms with Crippen LogP contribution in [0.4, 0.5) is 5.69 Å². The lowest BCUT2D eigenvalue weighted by molar-refractivity contribution is -0.677. The van der Waals surface area contributed by atoms with E-state index in [1.807, 2.05) is 35.9 Å². The van der Waals surface area contributed by atoms with Crippen LogP contribution >= 0.6 is 35.0 Å². The van der Waals surface area contributed by atoms with Gasteiger partial charge in [0.1, 0.15) is 0 Å². The van der Waals surface area contributed by atoms with E-state index in [9.17, 15) is 8.42 Å². The predicted octanol–water partition coefficient (Wildman–Crippen LogP) is 6.18. The fourth-order valence-electron chi connectivity index (χ4n) is 3.65. The molecule has 0 aliphatic carbocycles. The summed E-state index contributed by atoms with van der Waals surface area (Å²) in [6, 6.07) is 11.2. The van der Waals surface area contributed by atoms with Crippen molar-refractivity contribution in [1.29, 1.82) is 0 Å². The summed E-state index contributed by atoms with van der Waals surface area (Å²) in [7, 11) is -2.04. The summed E-state index contributed by atoms with van der Waals surface area (Å²) in [6.07, 6.45) is 5.07. The summed E-state index contributed by atoms with van der Waals surface area (Å²) in [5.41, 5.74) is 3.52. The Morgan fingerprint density at radius 3 is 2.67 bits per heavy atom. The summed E-state index contributed by atoms with van der Waals surface area (Å²) in [5.74, 6) is 0.256. The molecule has 1 aromatic heterocycles. The van der Waals surface area contributed by atoms with Gasteiger partial charge in [-0.25, -0.2) is 0 Å². The van der Waals surface area contributed by atoms with Crippen LogP contribution in [0.1, 0.15) is 25.7 Å². The minimum atomic E-state index is -4.04. The van der Waals surface area contributed by atoms with Gasteiger partial charge in [-0.3, -0.25) is 4.55 Å². The highest BCUT2D eigenvalue weighted by Crippen LogP contribution is 2.46. The Kier molecular flexibility index (Phi) is 7.12. The number of hydrogen-bond acceptors (Lipinski definition) is 5. The summed E-state index contributed by atoms with van der Waals surface area (Å²) in [4.78, 5) is 3.25. The zero-order valence-electron chi connectivity index (χ0n) is 18.1. The minimum Gasteiger partial charge on any atom is -0.398 e. The van der Waals surface area contributed by atoms with E-state index in [1.165, 1.54) is 0 Å². The van der Waals surface area contributed by atoms with Crippen molar-refractivity contribution >= 4 is 67.9 Å². The number of nitrogens with zero attached hydrogens (tertiary/aromatic N) is 2. The third-order valence-electron chi connectivity index (χ3n) is 5.33. The van der Waals surface area contributed by atoms with E-state index in [1.54, 1.807) is 30.0 Å². The largest absolute Gasteiger partial charge is 0.398 e. The Balaban J connectivity index is 1.70. The number of anilines is 1. The number of allylic oxidation sites excluding steroid dienone is 2. The summed E-state index contributed by atoms with van der Waals surface area (Å²) >= 11 is 14.0. The van der Waals surface area contributed by atoms with Crippen molar-refractivity contribution in [3.8, 4) is 0 Å². The molecule has 0 fully saturated rings. The monoisotopic (exact) mass is 525 g/mol. The Bertz CT molecular complexity index is 1380. The summed E-state index contributed by atoms with van der Waals surface area (Å²) < 4.78 is 39.5. The first-order valence-electron chi connectivity index (χ1n) is 10.3. The second-order valence-corrected chi connectivity index (χ2v) is 11.2. The van der Waals surface area contributed by atoms with Crippen molar-refractivity contribution < 1.29 is 22.0 Å². The van der Waals surface area contributed by atoms with E-state index < -0.39 is 10.1 Å².